The number of hydrogen-bond donors (Lipinski definition) is 1. The predicted molar refractivity (Wildman–Crippen MR) is 49.2 cm³/mol. The molecule has 90 valence electrons. The number of halogens is 1. The summed E-state index contributed by atoms with van der Waals surface area (Å²) in [5.41, 5.74) is 3.61. The molecule has 0 bridgehead atoms. The molecule has 0 radical (unpaired) electrons. The summed E-state index contributed by atoms with van der Waals surface area (Å²) in [6.07, 6.45) is 0.582. The van der Waals surface area contributed by atoms with Crippen molar-refractivity contribution in [2.45, 2.75) is 32.7 Å². The van der Waals surface area contributed by atoms with Gasteiger partial charge in [0.25, 0.3) is 0 Å². The fourth-order valence-electron chi connectivity index (χ4n) is 0.903. The molecular formula is C9H18ClNO4. The van der Waals surface area contributed by atoms with E-state index >= 15 is 0 Å². The Bertz CT molecular complexity index is 199. The lowest BCUT2D eigenvalue weighted by atomic mass is 10.2. The molecule has 0 fully saturated rings. The Balaban J connectivity index is 0. The van der Waals surface area contributed by atoms with Gasteiger partial charge < -0.3 is 27.6 Å². The molecule has 0 aliphatic heterocycles. The minimum absolute atomic E-state index is 0. The van der Waals surface area contributed by atoms with Gasteiger partial charge in [-0.1, -0.05) is 0 Å². The number of carbonyl (C=O) groups is 2. The third-order valence-corrected chi connectivity index (χ3v) is 1.62. The predicted octanol–water partition coefficient (Wildman–Crippen LogP) is -3.49. The zero-order chi connectivity index (χ0) is 11.0. The van der Waals surface area contributed by atoms with Crippen LogP contribution in [-0.2, 0) is 19.1 Å². The molecule has 0 spiro atoms. The molecule has 0 saturated heterocycles. The van der Waals surface area contributed by atoms with E-state index in [1.807, 2.05) is 0 Å². The topological polar surface area (TPSA) is 80.2 Å². The van der Waals surface area contributed by atoms with E-state index in [2.05, 4.69) is 5.73 Å². The molecule has 1 atom stereocenters. The van der Waals surface area contributed by atoms with Crippen LogP contribution in [0, 0.1) is 0 Å². The number of rotatable bonds is 6. The second-order valence-corrected chi connectivity index (χ2v) is 2.79. The van der Waals surface area contributed by atoms with Crippen LogP contribution in [0.3, 0.4) is 0 Å². The molecule has 0 aromatic rings. The summed E-state index contributed by atoms with van der Waals surface area (Å²) in [5.74, 6) is -0.665. The smallest absolute Gasteiger partial charge is 0.364 e. The number of hydrogen-bond acceptors (Lipinski definition) is 4. The summed E-state index contributed by atoms with van der Waals surface area (Å²) >= 11 is 0. The maximum atomic E-state index is 11.1. The lowest BCUT2D eigenvalue weighted by molar-refractivity contribution is -0.409. The second-order valence-electron chi connectivity index (χ2n) is 2.79. The van der Waals surface area contributed by atoms with Crippen LogP contribution < -0.4 is 18.1 Å². The molecule has 0 saturated carbocycles. The molecule has 0 heterocycles. The van der Waals surface area contributed by atoms with E-state index in [1.165, 1.54) is 0 Å². The largest absolute Gasteiger partial charge is 1.00 e. The molecule has 6 heteroatoms. The molecule has 0 unspecified atom stereocenters. The van der Waals surface area contributed by atoms with Gasteiger partial charge in [0.15, 0.2) is 6.04 Å². The number of ether oxygens (including phenoxy) is 2. The molecule has 0 amide bonds. The second kappa shape index (κ2) is 9.73. The van der Waals surface area contributed by atoms with Crippen LogP contribution >= 0.6 is 0 Å². The van der Waals surface area contributed by atoms with Crippen molar-refractivity contribution >= 4 is 11.9 Å². The average molecular weight is 240 g/mol. The molecule has 3 N–H and O–H groups in total. The summed E-state index contributed by atoms with van der Waals surface area (Å²) in [7, 11) is 0. The van der Waals surface area contributed by atoms with Crippen molar-refractivity contribution in [1.82, 2.24) is 0 Å². The first-order valence-electron chi connectivity index (χ1n) is 4.77. The Morgan fingerprint density at radius 1 is 1.20 bits per heavy atom. The molecule has 15 heavy (non-hydrogen) atoms. The van der Waals surface area contributed by atoms with E-state index in [0.29, 0.717) is 19.6 Å². The van der Waals surface area contributed by atoms with Gasteiger partial charge in [-0.3, -0.25) is 4.79 Å². The van der Waals surface area contributed by atoms with Gasteiger partial charge in [0.1, 0.15) is 0 Å². The van der Waals surface area contributed by atoms with Crippen molar-refractivity contribution in [2.24, 2.45) is 0 Å². The van der Waals surface area contributed by atoms with E-state index in [4.69, 9.17) is 9.47 Å². The normalized spacial score (nSPS) is 11.1. The number of quaternary nitrogens is 1. The number of esters is 2. The highest BCUT2D eigenvalue weighted by atomic mass is 35.5. The van der Waals surface area contributed by atoms with Gasteiger partial charge in [-0.2, -0.15) is 0 Å². The Labute approximate surface area is 95.7 Å². The van der Waals surface area contributed by atoms with Crippen LogP contribution in [0.4, 0.5) is 0 Å². The van der Waals surface area contributed by atoms with Crippen molar-refractivity contribution in [3.63, 3.8) is 0 Å². The molecule has 0 aromatic carbocycles. The van der Waals surface area contributed by atoms with Gasteiger partial charge in [0.05, 0.1) is 19.6 Å². The maximum absolute atomic E-state index is 11.1. The third-order valence-electron chi connectivity index (χ3n) is 1.62. The van der Waals surface area contributed by atoms with Gasteiger partial charge in [-0.25, -0.2) is 4.79 Å². The van der Waals surface area contributed by atoms with E-state index in [0.717, 1.165) is 0 Å². The molecule has 0 aliphatic rings. The zero-order valence-corrected chi connectivity index (χ0v) is 9.88. The van der Waals surface area contributed by atoms with E-state index in [-0.39, 0.29) is 30.8 Å². The first-order chi connectivity index (χ1) is 6.61. The van der Waals surface area contributed by atoms with Gasteiger partial charge in [-0.05, 0) is 13.8 Å². The summed E-state index contributed by atoms with van der Waals surface area (Å²) in [6, 6.07) is -0.487. The van der Waals surface area contributed by atoms with Crippen LogP contribution in [-0.4, -0.2) is 31.2 Å². The van der Waals surface area contributed by atoms with E-state index in [9.17, 15) is 9.59 Å². The first-order valence-corrected chi connectivity index (χ1v) is 4.77. The van der Waals surface area contributed by atoms with Crippen molar-refractivity contribution in [3.05, 3.63) is 0 Å². The van der Waals surface area contributed by atoms with Crippen molar-refractivity contribution in [1.29, 1.82) is 0 Å². The fraction of sp³-hybridized carbons (Fsp3) is 0.778. The van der Waals surface area contributed by atoms with Gasteiger partial charge in [-0.15, -0.1) is 0 Å². The fourth-order valence-corrected chi connectivity index (χ4v) is 0.903. The molecular weight excluding hydrogens is 222 g/mol. The quantitative estimate of drug-likeness (QED) is 0.488. The Hall–Kier alpha value is -0.810. The highest BCUT2D eigenvalue weighted by molar-refractivity contribution is 5.75. The number of carbonyl (C=O) groups excluding carboxylic acids is 2. The van der Waals surface area contributed by atoms with Crippen LogP contribution in [0.25, 0.3) is 0 Å². The minimum atomic E-state index is -0.487. The summed E-state index contributed by atoms with van der Waals surface area (Å²) in [5, 5.41) is 0. The van der Waals surface area contributed by atoms with E-state index < -0.39 is 6.04 Å². The van der Waals surface area contributed by atoms with Crippen LogP contribution in [0.2, 0.25) is 0 Å². The van der Waals surface area contributed by atoms with Crippen molar-refractivity contribution in [2.75, 3.05) is 13.2 Å². The van der Waals surface area contributed by atoms with Crippen molar-refractivity contribution in [3.8, 4) is 0 Å². The third kappa shape index (κ3) is 8.20. The Morgan fingerprint density at radius 3 is 2.20 bits per heavy atom. The SMILES string of the molecule is CCOC(=O)CC[C@H]([NH3+])C(=O)OCC.[Cl-]. The zero-order valence-electron chi connectivity index (χ0n) is 9.12. The highest BCUT2D eigenvalue weighted by Crippen LogP contribution is 1.97. The molecule has 0 rings (SSSR count). The van der Waals surface area contributed by atoms with Crippen LogP contribution in [0.5, 0.6) is 0 Å². The molecule has 5 nitrogen and oxygen atoms in total. The first kappa shape index (κ1) is 16.6. The lowest BCUT2D eigenvalue weighted by Crippen LogP contribution is -3.00. The average Bonchev–Trinajstić information content (AvgIpc) is 2.15. The monoisotopic (exact) mass is 239 g/mol. The highest BCUT2D eigenvalue weighted by Gasteiger charge is 2.19. The minimum Gasteiger partial charge on any atom is -1.00 e. The standard InChI is InChI=1S/C9H17NO4.ClH/c1-3-13-8(11)6-5-7(10)9(12)14-4-2;/h7H,3-6,10H2,1-2H3;1H/t7-;/m0./s1. The lowest BCUT2D eigenvalue weighted by Gasteiger charge is -2.06. The summed E-state index contributed by atoms with van der Waals surface area (Å²) in [4.78, 5) is 22.0. The van der Waals surface area contributed by atoms with Crippen LogP contribution in [0.15, 0.2) is 0 Å². The van der Waals surface area contributed by atoms with E-state index in [1.54, 1.807) is 13.8 Å². The van der Waals surface area contributed by atoms with Gasteiger partial charge in [0.2, 0.25) is 0 Å². The van der Waals surface area contributed by atoms with Gasteiger partial charge >= 0.3 is 11.9 Å². The Kier molecular flexibility index (Phi) is 10.8. The van der Waals surface area contributed by atoms with Crippen molar-refractivity contribution < 1.29 is 37.2 Å². The molecule has 0 aromatic heterocycles. The summed E-state index contributed by atoms with van der Waals surface area (Å²) < 4.78 is 9.46. The van der Waals surface area contributed by atoms with Gasteiger partial charge in [0, 0.05) is 6.42 Å². The maximum Gasteiger partial charge on any atom is 0.364 e. The molecule has 0 aliphatic carbocycles. The summed E-state index contributed by atoms with van der Waals surface area (Å²) in [6.45, 7) is 4.17. The Morgan fingerprint density at radius 2 is 1.73 bits per heavy atom. The van der Waals surface area contributed by atoms with Crippen LogP contribution in [0.1, 0.15) is 26.7 Å².